The number of benzene rings is 1. The third kappa shape index (κ3) is 4.15. The summed E-state index contributed by atoms with van der Waals surface area (Å²) in [5.41, 5.74) is 5.72. The highest BCUT2D eigenvalue weighted by molar-refractivity contribution is 5.85. The Hall–Kier alpha value is -0.780. The van der Waals surface area contributed by atoms with Gasteiger partial charge in [-0.2, -0.15) is 0 Å². The molecule has 1 aromatic rings. The van der Waals surface area contributed by atoms with Gasteiger partial charge in [-0.15, -0.1) is 12.4 Å². The van der Waals surface area contributed by atoms with E-state index in [-0.39, 0.29) is 23.9 Å². The number of nitrogens with two attached hydrogens (primary N) is 1. The van der Waals surface area contributed by atoms with Crippen molar-refractivity contribution in [2.45, 2.75) is 32.4 Å². The lowest BCUT2D eigenvalue weighted by Crippen LogP contribution is -2.27. The van der Waals surface area contributed by atoms with E-state index in [2.05, 4.69) is 0 Å². The smallest absolute Gasteiger partial charge is 0.194 e. The summed E-state index contributed by atoms with van der Waals surface area (Å²) >= 11 is 0. The van der Waals surface area contributed by atoms with Crippen molar-refractivity contribution in [2.75, 3.05) is 0 Å². The summed E-state index contributed by atoms with van der Waals surface area (Å²) in [6.07, 6.45) is -0.513. The van der Waals surface area contributed by atoms with E-state index in [4.69, 9.17) is 5.73 Å². The fourth-order valence-electron chi connectivity index (χ4n) is 1.62. The minimum Gasteiger partial charge on any atom is -0.391 e. The molecule has 0 bridgehead atoms. The fourth-order valence-corrected chi connectivity index (χ4v) is 1.62. The molecular formula is C12H17ClF3NO. The molecule has 1 aromatic carbocycles. The van der Waals surface area contributed by atoms with Crippen LogP contribution in [0.25, 0.3) is 0 Å². The lowest BCUT2D eigenvalue weighted by Gasteiger charge is -2.21. The molecule has 3 N–H and O–H groups in total. The number of aliphatic hydroxyl groups is 1. The molecule has 0 aromatic heterocycles. The maximum absolute atomic E-state index is 13.0. The van der Waals surface area contributed by atoms with Crippen molar-refractivity contribution in [2.24, 2.45) is 11.7 Å². The highest BCUT2D eigenvalue weighted by atomic mass is 35.5. The molecule has 0 saturated heterocycles. The Bertz CT molecular complexity index is 378. The standard InChI is InChI=1S/C12H16F3NO.ClH/c1-6(2)3-10(17)12(16)7-4-8(13)11(15)9(14)5-7;/h4-6,10,12,17H,3,16H2,1-2H3;1H/t10-,12+;/m0./s1. The first-order valence-electron chi connectivity index (χ1n) is 5.41. The number of rotatable bonds is 4. The average Bonchev–Trinajstić information content (AvgIpc) is 2.23. The van der Waals surface area contributed by atoms with Crippen LogP contribution in [-0.2, 0) is 0 Å². The molecule has 6 heteroatoms. The second-order valence-corrected chi connectivity index (χ2v) is 4.52. The van der Waals surface area contributed by atoms with Crippen molar-refractivity contribution in [3.05, 3.63) is 35.1 Å². The molecule has 0 fully saturated rings. The zero-order valence-electron chi connectivity index (χ0n) is 10.2. The molecule has 0 spiro atoms. The summed E-state index contributed by atoms with van der Waals surface area (Å²) in [5.74, 6) is -3.93. The lowest BCUT2D eigenvalue weighted by molar-refractivity contribution is 0.120. The highest BCUT2D eigenvalue weighted by Gasteiger charge is 2.21. The molecule has 0 aliphatic rings. The van der Waals surface area contributed by atoms with Crippen LogP contribution in [0.2, 0.25) is 0 Å². The summed E-state index contributed by atoms with van der Waals surface area (Å²) in [7, 11) is 0. The first kappa shape index (κ1) is 17.2. The van der Waals surface area contributed by atoms with Gasteiger partial charge in [0.15, 0.2) is 17.5 Å². The van der Waals surface area contributed by atoms with Crippen LogP contribution in [0.15, 0.2) is 12.1 Å². The van der Waals surface area contributed by atoms with Crippen LogP contribution in [0.4, 0.5) is 13.2 Å². The van der Waals surface area contributed by atoms with E-state index in [0.29, 0.717) is 6.42 Å². The van der Waals surface area contributed by atoms with Gasteiger partial charge in [0.05, 0.1) is 12.1 Å². The number of halogens is 4. The summed E-state index contributed by atoms with van der Waals surface area (Å²) in [4.78, 5) is 0. The molecule has 0 heterocycles. The first-order valence-corrected chi connectivity index (χ1v) is 5.41. The maximum Gasteiger partial charge on any atom is 0.194 e. The van der Waals surface area contributed by atoms with Gasteiger partial charge in [-0.05, 0) is 30.0 Å². The number of hydrogen-bond acceptors (Lipinski definition) is 2. The normalized spacial score (nSPS) is 14.2. The van der Waals surface area contributed by atoms with Crippen LogP contribution < -0.4 is 5.73 Å². The second kappa shape index (κ2) is 6.97. The van der Waals surface area contributed by atoms with Gasteiger partial charge in [0, 0.05) is 0 Å². The molecule has 0 unspecified atom stereocenters. The van der Waals surface area contributed by atoms with Gasteiger partial charge >= 0.3 is 0 Å². The van der Waals surface area contributed by atoms with E-state index in [1.54, 1.807) is 0 Å². The quantitative estimate of drug-likeness (QED) is 0.835. The lowest BCUT2D eigenvalue weighted by atomic mass is 9.95. The predicted molar refractivity (Wildman–Crippen MR) is 66.0 cm³/mol. The van der Waals surface area contributed by atoms with E-state index in [1.165, 1.54) is 0 Å². The maximum atomic E-state index is 13.0. The summed E-state index contributed by atoms with van der Waals surface area (Å²) in [6.45, 7) is 3.78. The SMILES string of the molecule is CC(C)C[C@H](O)[C@H](N)c1cc(F)c(F)c(F)c1.Cl. The molecule has 0 saturated carbocycles. The number of hydrogen-bond donors (Lipinski definition) is 2. The molecule has 0 aliphatic carbocycles. The van der Waals surface area contributed by atoms with Crippen molar-refractivity contribution >= 4 is 12.4 Å². The Morgan fingerprint density at radius 3 is 2.00 bits per heavy atom. The van der Waals surface area contributed by atoms with Gasteiger partial charge in [-0.1, -0.05) is 13.8 Å². The zero-order chi connectivity index (χ0) is 13.2. The van der Waals surface area contributed by atoms with Gasteiger partial charge in [0.1, 0.15) is 0 Å². The topological polar surface area (TPSA) is 46.2 Å². The Balaban J connectivity index is 0.00000289. The summed E-state index contributed by atoms with van der Waals surface area (Å²) < 4.78 is 38.7. The Morgan fingerprint density at radius 2 is 1.61 bits per heavy atom. The second-order valence-electron chi connectivity index (χ2n) is 4.52. The van der Waals surface area contributed by atoms with Crippen LogP contribution in [0.3, 0.4) is 0 Å². The van der Waals surface area contributed by atoms with E-state index in [1.807, 2.05) is 13.8 Å². The molecule has 0 amide bonds. The van der Waals surface area contributed by atoms with Crippen LogP contribution >= 0.6 is 12.4 Å². The summed E-state index contributed by atoms with van der Waals surface area (Å²) in [6, 6.07) is 0.696. The van der Waals surface area contributed by atoms with Gasteiger partial charge in [0.2, 0.25) is 0 Å². The minimum atomic E-state index is -1.53. The minimum absolute atomic E-state index is 0. The van der Waals surface area contributed by atoms with Crippen LogP contribution in [0.5, 0.6) is 0 Å². The molecule has 0 aliphatic heterocycles. The average molecular weight is 284 g/mol. The predicted octanol–water partition coefficient (Wildman–Crippen LogP) is 2.93. The Labute approximate surface area is 110 Å². The van der Waals surface area contributed by atoms with E-state index < -0.39 is 29.6 Å². The van der Waals surface area contributed by atoms with Gasteiger partial charge in [0.25, 0.3) is 0 Å². The molecule has 1 rings (SSSR count). The third-order valence-electron chi connectivity index (χ3n) is 2.52. The van der Waals surface area contributed by atoms with Gasteiger partial charge < -0.3 is 10.8 Å². The highest BCUT2D eigenvalue weighted by Crippen LogP contribution is 2.22. The monoisotopic (exact) mass is 283 g/mol. The van der Waals surface area contributed by atoms with Crippen molar-refractivity contribution in [3.63, 3.8) is 0 Å². The zero-order valence-corrected chi connectivity index (χ0v) is 11.0. The third-order valence-corrected chi connectivity index (χ3v) is 2.52. The van der Waals surface area contributed by atoms with Crippen LogP contribution in [0.1, 0.15) is 31.9 Å². The van der Waals surface area contributed by atoms with Crippen molar-refractivity contribution < 1.29 is 18.3 Å². The van der Waals surface area contributed by atoms with E-state index in [0.717, 1.165) is 12.1 Å². The van der Waals surface area contributed by atoms with Crippen molar-refractivity contribution in [3.8, 4) is 0 Å². The van der Waals surface area contributed by atoms with Crippen LogP contribution in [0, 0.1) is 23.4 Å². The van der Waals surface area contributed by atoms with Crippen molar-refractivity contribution in [1.82, 2.24) is 0 Å². The van der Waals surface area contributed by atoms with Crippen molar-refractivity contribution in [1.29, 1.82) is 0 Å². The Kier molecular flexibility index (Phi) is 6.67. The van der Waals surface area contributed by atoms with Gasteiger partial charge in [-0.3, -0.25) is 0 Å². The van der Waals surface area contributed by atoms with Gasteiger partial charge in [-0.25, -0.2) is 13.2 Å². The van der Waals surface area contributed by atoms with E-state index >= 15 is 0 Å². The fraction of sp³-hybridized carbons (Fsp3) is 0.500. The molecule has 2 nitrogen and oxygen atoms in total. The van der Waals surface area contributed by atoms with E-state index in [9.17, 15) is 18.3 Å². The first-order chi connectivity index (χ1) is 7.82. The molecular weight excluding hydrogens is 267 g/mol. The number of aliphatic hydroxyl groups excluding tert-OH is 1. The molecule has 18 heavy (non-hydrogen) atoms. The summed E-state index contributed by atoms with van der Waals surface area (Å²) in [5, 5.41) is 9.73. The molecule has 2 atom stereocenters. The molecule has 104 valence electrons. The molecule has 0 radical (unpaired) electrons. The van der Waals surface area contributed by atoms with Crippen LogP contribution in [-0.4, -0.2) is 11.2 Å². The largest absolute Gasteiger partial charge is 0.391 e. The Morgan fingerprint density at radius 1 is 1.17 bits per heavy atom.